The molecule has 5 nitrogen and oxygen atoms in total. The number of rotatable bonds is 3. The maximum Gasteiger partial charge on any atom is 0.253 e. The van der Waals surface area contributed by atoms with Crippen LogP contribution in [0.25, 0.3) is 11.4 Å². The van der Waals surface area contributed by atoms with Crippen LogP contribution in [0, 0.1) is 0 Å². The van der Waals surface area contributed by atoms with Crippen LogP contribution in [0.4, 0.5) is 0 Å². The van der Waals surface area contributed by atoms with E-state index in [0.29, 0.717) is 17.1 Å². The maximum atomic E-state index is 11.8. The summed E-state index contributed by atoms with van der Waals surface area (Å²) in [5.74, 6) is 0.493. The summed E-state index contributed by atoms with van der Waals surface area (Å²) in [6.07, 6.45) is 1.60. The van der Waals surface area contributed by atoms with Gasteiger partial charge in [0.15, 0.2) is 5.82 Å². The topological polar surface area (TPSA) is 66.3 Å². The average Bonchev–Trinajstić information content (AvgIpc) is 2.46. The van der Waals surface area contributed by atoms with Crippen molar-refractivity contribution in [3.8, 4) is 11.4 Å². The Bertz CT molecular complexity index is 579. The number of aliphatic hydroxyl groups is 1. The first kappa shape index (κ1) is 13.2. The Morgan fingerprint density at radius 3 is 2.47 bits per heavy atom. The molecule has 0 spiro atoms. The Labute approximate surface area is 111 Å². The molecule has 0 saturated carbocycles. The molecule has 1 N–H and O–H groups in total. The minimum absolute atomic E-state index is 0.0448. The van der Waals surface area contributed by atoms with E-state index in [2.05, 4.69) is 9.97 Å². The van der Waals surface area contributed by atoms with E-state index in [-0.39, 0.29) is 12.5 Å². The lowest BCUT2D eigenvalue weighted by molar-refractivity contribution is 0.0827. The highest BCUT2D eigenvalue weighted by atomic mass is 16.3. The molecule has 0 unspecified atom stereocenters. The summed E-state index contributed by atoms with van der Waals surface area (Å²) in [6.45, 7) is -0.118. The van der Waals surface area contributed by atoms with E-state index in [1.165, 1.54) is 4.90 Å². The highest BCUT2D eigenvalue weighted by Crippen LogP contribution is 2.16. The summed E-state index contributed by atoms with van der Waals surface area (Å²) in [5, 5.41) is 9.05. The molecule has 19 heavy (non-hydrogen) atoms. The van der Waals surface area contributed by atoms with Crippen molar-refractivity contribution in [2.45, 2.75) is 6.61 Å². The van der Waals surface area contributed by atoms with E-state index in [4.69, 9.17) is 5.11 Å². The summed E-state index contributed by atoms with van der Waals surface area (Å²) in [5.41, 5.74) is 2.00. The van der Waals surface area contributed by atoms with Gasteiger partial charge in [0.25, 0.3) is 5.91 Å². The highest BCUT2D eigenvalue weighted by molar-refractivity contribution is 5.94. The monoisotopic (exact) mass is 257 g/mol. The molecule has 0 aliphatic rings. The van der Waals surface area contributed by atoms with Crippen LogP contribution in [0.15, 0.2) is 36.5 Å². The molecule has 0 atom stereocenters. The number of carbonyl (C=O) groups is 1. The predicted octanol–water partition coefficient (Wildman–Crippen LogP) is 1.34. The van der Waals surface area contributed by atoms with Crippen LogP contribution in [0.5, 0.6) is 0 Å². The number of hydrogen-bond acceptors (Lipinski definition) is 4. The first-order chi connectivity index (χ1) is 9.11. The van der Waals surface area contributed by atoms with E-state index in [0.717, 1.165) is 5.56 Å². The normalized spacial score (nSPS) is 10.3. The zero-order valence-electron chi connectivity index (χ0n) is 10.9. The van der Waals surface area contributed by atoms with Gasteiger partial charge in [0, 0.05) is 31.4 Å². The number of aromatic nitrogens is 2. The molecular formula is C14H15N3O2. The van der Waals surface area contributed by atoms with E-state index in [1.807, 2.05) is 0 Å². The zero-order chi connectivity index (χ0) is 13.8. The number of carbonyl (C=O) groups excluding carboxylic acids is 1. The molecule has 2 rings (SSSR count). The van der Waals surface area contributed by atoms with Gasteiger partial charge in [0.2, 0.25) is 0 Å². The van der Waals surface area contributed by atoms with Gasteiger partial charge in [0.05, 0.1) is 12.3 Å². The van der Waals surface area contributed by atoms with E-state index >= 15 is 0 Å². The Morgan fingerprint density at radius 2 is 1.89 bits per heavy atom. The van der Waals surface area contributed by atoms with Gasteiger partial charge < -0.3 is 10.0 Å². The molecule has 1 amide bonds. The fraction of sp³-hybridized carbons (Fsp3) is 0.214. The molecule has 0 aliphatic heterocycles. The van der Waals surface area contributed by atoms with Gasteiger partial charge in [-0.3, -0.25) is 4.79 Å². The molecule has 2 aromatic rings. The van der Waals surface area contributed by atoms with Gasteiger partial charge in [-0.15, -0.1) is 0 Å². The van der Waals surface area contributed by atoms with Gasteiger partial charge in [-0.1, -0.05) is 12.1 Å². The van der Waals surface area contributed by atoms with Gasteiger partial charge in [-0.2, -0.15) is 0 Å². The maximum absolute atomic E-state index is 11.8. The molecule has 0 saturated heterocycles. The van der Waals surface area contributed by atoms with Gasteiger partial charge >= 0.3 is 0 Å². The highest BCUT2D eigenvalue weighted by Gasteiger charge is 2.08. The van der Waals surface area contributed by atoms with Gasteiger partial charge in [-0.05, 0) is 18.2 Å². The second kappa shape index (κ2) is 5.58. The third-order valence-corrected chi connectivity index (χ3v) is 2.67. The minimum atomic E-state index is -0.118. The van der Waals surface area contributed by atoms with E-state index < -0.39 is 0 Å². The SMILES string of the molecule is CN(C)C(=O)c1ccc(-c2nccc(CO)n2)cc1. The average molecular weight is 257 g/mol. The lowest BCUT2D eigenvalue weighted by Crippen LogP contribution is -2.21. The molecule has 0 aliphatic carbocycles. The first-order valence-corrected chi connectivity index (χ1v) is 5.86. The van der Waals surface area contributed by atoms with Crippen LogP contribution in [0.2, 0.25) is 0 Å². The molecule has 1 aromatic carbocycles. The van der Waals surface area contributed by atoms with E-state index in [1.54, 1.807) is 50.6 Å². The fourth-order valence-corrected chi connectivity index (χ4v) is 1.64. The Balaban J connectivity index is 2.29. The standard InChI is InChI=1S/C14H15N3O2/c1-17(2)14(19)11-5-3-10(4-6-11)13-15-8-7-12(9-18)16-13/h3-8,18H,9H2,1-2H3. The van der Waals surface area contributed by atoms with Crippen molar-refractivity contribution in [1.82, 2.24) is 14.9 Å². The van der Waals surface area contributed by atoms with Crippen molar-refractivity contribution in [3.05, 3.63) is 47.8 Å². The quantitative estimate of drug-likeness (QED) is 0.901. The second-order valence-electron chi connectivity index (χ2n) is 4.31. The lowest BCUT2D eigenvalue weighted by Gasteiger charge is -2.10. The third kappa shape index (κ3) is 2.95. The van der Waals surface area contributed by atoms with Gasteiger partial charge in [-0.25, -0.2) is 9.97 Å². The van der Waals surface area contributed by atoms with Crippen molar-refractivity contribution >= 4 is 5.91 Å². The minimum Gasteiger partial charge on any atom is -0.390 e. The third-order valence-electron chi connectivity index (χ3n) is 2.67. The summed E-state index contributed by atoms with van der Waals surface area (Å²) >= 11 is 0. The number of aliphatic hydroxyl groups excluding tert-OH is 1. The van der Waals surface area contributed by atoms with Crippen molar-refractivity contribution in [3.63, 3.8) is 0 Å². The van der Waals surface area contributed by atoms with Crippen LogP contribution in [-0.4, -0.2) is 40.0 Å². The summed E-state index contributed by atoms with van der Waals surface area (Å²) in [4.78, 5) is 21.6. The predicted molar refractivity (Wildman–Crippen MR) is 71.4 cm³/mol. The molecular weight excluding hydrogens is 242 g/mol. The van der Waals surface area contributed by atoms with Gasteiger partial charge in [0.1, 0.15) is 0 Å². The smallest absolute Gasteiger partial charge is 0.253 e. The molecule has 0 radical (unpaired) electrons. The van der Waals surface area contributed by atoms with E-state index in [9.17, 15) is 4.79 Å². The first-order valence-electron chi connectivity index (χ1n) is 5.86. The van der Waals surface area contributed by atoms with Crippen molar-refractivity contribution in [2.75, 3.05) is 14.1 Å². The molecule has 1 aromatic heterocycles. The molecule has 5 heteroatoms. The van der Waals surface area contributed by atoms with Crippen molar-refractivity contribution < 1.29 is 9.90 Å². The summed E-state index contributed by atoms with van der Waals surface area (Å²) in [6, 6.07) is 8.74. The van der Waals surface area contributed by atoms with Crippen LogP contribution < -0.4 is 0 Å². The summed E-state index contributed by atoms with van der Waals surface area (Å²) in [7, 11) is 3.42. The fourth-order valence-electron chi connectivity index (χ4n) is 1.64. The van der Waals surface area contributed by atoms with Crippen LogP contribution in [-0.2, 0) is 6.61 Å². The van der Waals surface area contributed by atoms with Crippen LogP contribution in [0.3, 0.4) is 0 Å². The largest absolute Gasteiger partial charge is 0.390 e. The Kier molecular flexibility index (Phi) is 3.87. The number of amides is 1. The molecule has 0 bridgehead atoms. The van der Waals surface area contributed by atoms with Crippen LogP contribution >= 0.6 is 0 Å². The van der Waals surface area contributed by atoms with Crippen molar-refractivity contribution in [2.24, 2.45) is 0 Å². The summed E-state index contributed by atoms with van der Waals surface area (Å²) < 4.78 is 0. The number of benzene rings is 1. The number of hydrogen-bond donors (Lipinski definition) is 1. The number of nitrogens with zero attached hydrogens (tertiary/aromatic N) is 3. The molecule has 0 fully saturated rings. The zero-order valence-corrected chi connectivity index (χ0v) is 10.9. The Morgan fingerprint density at radius 1 is 1.21 bits per heavy atom. The molecule has 98 valence electrons. The Hall–Kier alpha value is -2.27. The van der Waals surface area contributed by atoms with Crippen molar-refractivity contribution in [1.29, 1.82) is 0 Å². The second-order valence-corrected chi connectivity index (χ2v) is 4.31. The van der Waals surface area contributed by atoms with Crippen LogP contribution in [0.1, 0.15) is 16.1 Å². The molecule has 1 heterocycles. The lowest BCUT2D eigenvalue weighted by atomic mass is 10.1.